The lowest BCUT2D eigenvalue weighted by molar-refractivity contribution is 0.226. The molecule has 1 saturated carbocycles. The molecule has 0 spiro atoms. The van der Waals surface area contributed by atoms with Gasteiger partial charge in [0.1, 0.15) is 0 Å². The number of hydrogen-bond acceptors (Lipinski definition) is 1. The van der Waals surface area contributed by atoms with Gasteiger partial charge in [-0.15, -0.1) is 34.5 Å². The number of alkyl halides is 2. The Morgan fingerprint density at radius 1 is 1.24 bits per heavy atom. The van der Waals surface area contributed by atoms with E-state index in [4.69, 9.17) is 23.2 Å². The number of halogens is 3. The number of thiophene rings is 1. The maximum atomic E-state index is 6.27. The van der Waals surface area contributed by atoms with Gasteiger partial charge in [0, 0.05) is 22.1 Å². The van der Waals surface area contributed by atoms with Gasteiger partial charge in [0.15, 0.2) is 0 Å². The second-order valence-electron chi connectivity index (χ2n) is 4.99. The van der Waals surface area contributed by atoms with E-state index in [0.29, 0.717) is 17.7 Å². The standard InChI is InChI=1S/C13H17BrCl2S/c14-12-6-5-11(17-12)7-13(8-15,9-16)10-3-1-2-4-10/h5-6,10H,1-4,7-9H2. The van der Waals surface area contributed by atoms with Crippen LogP contribution < -0.4 is 0 Å². The molecule has 1 aromatic heterocycles. The molecule has 96 valence electrons. The molecule has 0 bridgehead atoms. The zero-order valence-corrected chi connectivity index (χ0v) is 13.6. The summed E-state index contributed by atoms with van der Waals surface area (Å²) < 4.78 is 1.19. The van der Waals surface area contributed by atoms with Gasteiger partial charge in [-0.05, 0) is 53.2 Å². The van der Waals surface area contributed by atoms with E-state index in [-0.39, 0.29) is 5.41 Å². The Morgan fingerprint density at radius 3 is 2.35 bits per heavy atom. The van der Waals surface area contributed by atoms with Crippen molar-refractivity contribution in [3.8, 4) is 0 Å². The first kappa shape index (κ1) is 14.2. The Kier molecular flexibility index (Phi) is 5.23. The molecule has 0 amide bonds. The van der Waals surface area contributed by atoms with Crippen molar-refractivity contribution < 1.29 is 0 Å². The van der Waals surface area contributed by atoms with Gasteiger partial charge in [-0.25, -0.2) is 0 Å². The van der Waals surface area contributed by atoms with Crippen LogP contribution in [0.15, 0.2) is 15.9 Å². The first-order valence-electron chi connectivity index (χ1n) is 6.06. The first-order chi connectivity index (χ1) is 8.20. The second kappa shape index (κ2) is 6.27. The molecule has 0 N–H and O–H groups in total. The Bertz CT molecular complexity index is 354. The highest BCUT2D eigenvalue weighted by molar-refractivity contribution is 9.11. The van der Waals surface area contributed by atoms with E-state index in [1.807, 2.05) is 0 Å². The van der Waals surface area contributed by atoms with Crippen LogP contribution in [0.25, 0.3) is 0 Å². The van der Waals surface area contributed by atoms with Gasteiger partial charge >= 0.3 is 0 Å². The Labute approximate surface area is 126 Å². The minimum atomic E-state index is 0.101. The lowest BCUT2D eigenvalue weighted by Gasteiger charge is -2.35. The summed E-state index contributed by atoms with van der Waals surface area (Å²) in [7, 11) is 0. The maximum Gasteiger partial charge on any atom is 0.0701 e. The third kappa shape index (κ3) is 3.20. The summed E-state index contributed by atoms with van der Waals surface area (Å²) in [6, 6.07) is 4.30. The van der Waals surface area contributed by atoms with Gasteiger partial charge in [0.2, 0.25) is 0 Å². The van der Waals surface area contributed by atoms with E-state index in [2.05, 4.69) is 28.1 Å². The molecule has 0 aromatic carbocycles. The fraction of sp³-hybridized carbons (Fsp3) is 0.692. The molecule has 0 atom stereocenters. The van der Waals surface area contributed by atoms with Gasteiger partial charge < -0.3 is 0 Å². The molecule has 0 radical (unpaired) electrons. The molecule has 1 heterocycles. The maximum absolute atomic E-state index is 6.27. The summed E-state index contributed by atoms with van der Waals surface area (Å²) in [4.78, 5) is 1.39. The third-order valence-corrected chi connectivity index (χ3v) is 6.60. The van der Waals surface area contributed by atoms with Crippen LogP contribution in [0.5, 0.6) is 0 Å². The van der Waals surface area contributed by atoms with Crippen molar-refractivity contribution in [2.24, 2.45) is 11.3 Å². The molecular formula is C13H17BrCl2S. The molecule has 0 saturated heterocycles. The van der Waals surface area contributed by atoms with Gasteiger partial charge in [-0.1, -0.05) is 12.8 Å². The third-order valence-electron chi connectivity index (χ3n) is 3.91. The minimum Gasteiger partial charge on any atom is -0.133 e. The predicted molar refractivity (Wildman–Crippen MR) is 81.6 cm³/mol. The summed E-state index contributed by atoms with van der Waals surface area (Å²) in [5, 5.41) is 0. The van der Waals surface area contributed by atoms with E-state index in [1.54, 1.807) is 11.3 Å². The van der Waals surface area contributed by atoms with Gasteiger partial charge in [-0.2, -0.15) is 0 Å². The van der Waals surface area contributed by atoms with Crippen LogP contribution in [0.3, 0.4) is 0 Å². The summed E-state index contributed by atoms with van der Waals surface area (Å²) in [5.74, 6) is 2.06. The normalized spacial score (nSPS) is 17.8. The van der Waals surface area contributed by atoms with E-state index in [9.17, 15) is 0 Å². The predicted octanol–water partition coefficient (Wildman–Crippen LogP) is 5.71. The summed E-state index contributed by atoms with van der Waals surface area (Å²) in [6.45, 7) is 0. The highest BCUT2D eigenvalue weighted by Gasteiger charge is 2.39. The van der Waals surface area contributed by atoms with Crippen molar-refractivity contribution in [1.82, 2.24) is 0 Å². The van der Waals surface area contributed by atoms with Crippen LogP contribution in [0.4, 0.5) is 0 Å². The summed E-state index contributed by atoms with van der Waals surface area (Å²) in [5.41, 5.74) is 0.101. The molecule has 4 heteroatoms. The highest BCUT2D eigenvalue weighted by Crippen LogP contribution is 2.45. The highest BCUT2D eigenvalue weighted by atomic mass is 79.9. The zero-order chi connectivity index (χ0) is 12.3. The van der Waals surface area contributed by atoms with Crippen molar-refractivity contribution in [2.45, 2.75) is 32.1 Å². The van der Waals surface area contributed by atoms with E-state index in [0.717, 1.165) is 6.42 Å². The van der Waals surface area contributed by atoms with Gasteiger partial charge in [-0.3, -0.25) is 0 Å². The van der Waals surface area contributed by atoms with Crippen molar-refractivity contribution in [3.63, 3.8) is 0 Å². The van der Waals surface area contributed by atoms with Crippen LogP contribution in [0, 0.1) is 11.3 Å². The molecular weight excluding hydrogens is 339 g/mol. The zero-order valence-electron chi connectivity index (χ0n) is 9.72. The molecule has 1 fully saturated rings. The van der Waals surface area contributed by atoms with Crippen LogP contribution in [0.2, 0.25) is 0 Å². The Balaban J connectivity index is 2.15. The fourth-order valence-corrected chi connectivity index (χ4v) is 5.37. The smallest absolute Gasteiger partial charge is 0.0701 e. The lowest BCUT2D eigenvalue weighted by Crippen LogP contribution is -2.35. The Hall–Kier alpha value is 0.760. The first-order valence-corrected chi connectivity index (χ1v) is 8.74. The minimum absolute atomic E-state index is 0.101. The van der Waals surface area contributed by atoms with Crippen LogP contribution in [0.1, 0.15) is 30.6 Å². The topological polar surface area (TPSA) is 0 Å². The van der Waals surface area contributed by atoms with E-state index in [1.165, 1.54) is 34.3 Å². The molecule has 0 unspecified atom stereocenters. The second-order valence-corrected chi connectivity index (χ2v) is 8.08. The van der Waals surface area contributed by atoms with Crippen LogP contribution in [-0.2, 0) is 6.42 Å². The van der Waals surface area contributed by atoms with Crippen molar-refractivity contribution in [3.05, 3.63) is 20.8 Å². The van der Waals surface area contributed by atoms with Crippen molar-refractivity contribution in [1.29, 1.82) is 0 Å². The van der Waals surface area contributed by atoms with E-state index >= 15 is 0 Å². The summed E-state index contributed by atoms with van der Waals surface area (Å²) >= 11 is 17.9. The average Bonchev–Trinajstić information content (AvgIpc) is 2.98. The molecule has 2 rings (SSSR count). The van der Waals surface area contributed by atoms with Crippen molar-refractivity contribution in [2.75, 3.05) is 11.8 Å². The number of rotatable bonds is 5. The molecule has 1 aromatic rings. The largest absolute Gasteiger partial charge is 0.133 e. The molecule has 1 aliphatic rings. The monoisotopic (exact) mass is 354 g/mol. The van der Waals surface area contributed by atoms with Gasteiger partial charge in [0.05, 0.1) is 3.79 Å². The quantitative estimate of drug-likeness (QED) is 0.593. The van der Waals surface area contributed by atoms with Gasteiger partial charge in [0.25, 0.3) is 0 Å². The molecule has 0 nitrogen and oxygen atoms in total. The summed E-state index contributed by atoms with van der Waals surface area (Å²) in [6.07, 6.45) is 6.31. The lowest BCUT2D eigenvalue weighted by atomic mass is 9.74. The average molecular weight is 356 g/mol. The molecule has 1 aliphatic carbocycles. The van der Waals surface area contributed by atoms with Crippen LogP contribution >= 0.6 is 50.5 Å². The SMILES string of the molecule is ClCC(CCl)(Cc1ccc(Br)s1)C1CCCC1. The van der Waals surface area contributed by atoms with E-state index < -0.39 is 0 Å². The molecule has 17 heavy (non-hydrogen) atoms. The fourth-order valence-electron chi connectivity index (χ4n) is 2.82. The molecule has 0 aliphatic heterocycles. The Morgan fingerprint density at radius 2 is 1.88 bits per heavy atom. The van der Waals surface area contributed by atoms with Crippen molar-refractivity contribution >= 4 is 50.5 Å². The van der Waals surface area contributed by atoms with Crippen LogP contribution in [-0.4, -0.2) is 11.8 Å². The number of hydrogen-bond donors (Lipinski definition) is 0.